The summed E-state index contributed by atoms with van der Waals surface area (Å²) >= 11 is 0. The van der Waals surface area contributed by atoms with Crippen LogP contribution in [0.15, 0.2) is 67.0 Å². The van der Waals surface area contributed by atoms with Gasteiger partial charge in [0, 0.05) is 31.9 Å². The van der Waals surface area contributed by atoms with Gasteiger partial charge in [-0.15, -0.1) is 0 Å². The lowest BCUT2D eigenvalue weighted by Gasteiger charge is -2.18. The van der Waals surface area contributed by atoms with Gasteiger partial charge in [0.1, 0.15) is 17.6 Å². The van der Waals surface area contributed by atoms with Crippen LogP contribution in [0, 0.1) is 0 Å². The Balaban J connectivity index is 1.53. The second kappa shape index (κ2) is 7.50. The van der Waals surface area contributed by atoms with E-state index in [1.54, 1.807) is 12.3 Å². The van der Waals surface area contributed by atoms with Crippen molar-refractivity contribution in [3.05, 3.63) is 89.5 Å². The van der Waals surface area contributed by atoms with Gasteiger partial charge in [0.2, 0.25) is 5.91 Å². The first kappa shape index (κ1) is 17.1. The van der Waals surface area contributed by atoms with Crippen LogP contribution < -0.4 is 10.1 Å². The normalized spacial score (nSPS) is 14.0. The number of aryl methyl sites for hydroxylation is 1. The first-order valence-corrected chi connectivity index (χ1v) is 8.97. The topological polar surface area (TPSA) is 56.2 Å². The van der Waals surface area contributed by atoms with Crippen molar-refractivity contribution < 1.29 is 9.53 Å². The zero-order chi connectivity index (χ0) is 18.6. The van der Waals surface area contributed by atoms with Gasteiger partial charge < -0.3 is 14.6 Å². The zero-order valence-corrected chi connectivity index (χ0v) is 15.1. The molecule has 136 valence electrons. The van der Waals surface area contributed by atoms with Gasteiger partial charge in [-0.25, -0.2) is 4.98 Å². The smallest absolute Gasteiger partial charge is 0.244 e. The van der Waals surface area contributed by atoms with Crippen LogP contribution in [-0.2, 0) is 18.3 Å². The minimum atomic E-state index is -0.309. The van der Waals surface area contributed by atoms with E-state index in [1.807, 2.05) is 66.4 Å². The number of fused-ring (bicyclic) bond motifs is 1. The Labute approximate surface area is 158 Å². The van der Waals surface area contributed by atoms with Crippen molar-refractivity contribution in [1.29, 1.82) is 0 Å². The van der Waals surface area contributed by atoms with Gasteiger partial charge in [0.15, 0.2) is 0 Å². The highest BCUT2D eigenvalue weighted by atomic mass is 16.5. The molecule has 0 saturated heterocycles. The Kier molecular flexibility index (Phi) is 4.75. The van der Waals surface area contributed by atoms with Crippen LogP contribution in [-0.4, -0.2) is 22.1 Å². The van der Waals surface area contributed by atoms with Gasteiger partial charge in [0.05, 0.1) is 6.61 Å². The zero-order valence-electron chi connectivity index (χ0n) is 15.1. The summed E-state index contributed by atoms with van der Waals surface area (Å²) in [6, 6.07) is 15.5. The average Bonchev–Trinajstić information content (AvgIpc) is 3.33. The lowest BCUT2D eigenvalue weighted by Crippen LogP contribution is -2.29. The summed E-state index contributed by atoms with van der Waals surface area (Å²) in [5.41, 5.74) is 3.17. The monoisotopic (exact) mass is 359 g/mol. The van der Waals surface area contributed by atoms with Crippen LogP contribution >= 0.6 is 0 Å². The van der Waals surface area contributed by atoms with Crippen LogP contribution in [0.25, 0.3) is 6.08 Å². The average molecular weight is 359 g/mol. The van der Waals surface area contributed by atoms with Gasteiger partial charge in [-0.2, -0.15) is 0 Å². The highest BCUT2D eigenvalue weighted by molar-refractivity contribution is 5.92. The SMILES string of the molecule is Cn1ccnc1C(NC(=O)/C=C/c1ccc2c(c1)CCO2)c1ccccc1. The Bertz CT molecular complexity index is 976. The van der Waals surface area contributed by atoms with E-state index in [0.29, 0.717) is 0 Å². The molecule has 2 heterocycles. The molecule has 4 rings (SSSR count). The molecule has 5 nitrogen and oxygen atoms in total. The molecule has 1 amide bonds. The van der Waals surface area contributed by atoms with Crippen molar-refractivity contribution in [2.45, 2.75) is 12.5 Å². The summed E-state index contributed by atoms with van der Waals surface area (Å²) in [6.45, 7) is 0.728. The number of rotatable bonds is 5. The van der Waals surface area contributed by atoms with E-state index in [1.165, 1.54) is 5.56 Å². The maximum absolute atomic E-state index is 12.6. The highest BCUT2D eigenvalue weighted by Crippen LogP contribution is 2.26. The van der Waals surface area contributed by atoms with E-state index in [4.69, 9.17) is 4.74 Å². The molecule has 0 aliphatic carbocycles. The molecule has 1 aliphatic heterocycles. The summed E-state index contributed by atoms with van der Waals surface area (Å²) in [5, 5.41) is 3.07. The second-order valence-electron chi connectivity index (χ2n) is 6.55. The fraction of sp³-hybridized carbons (Fsp3) is 0.182. The molecule has 0 fully saturated rings. The number of amides is 1. The number of aromatic nitrogens is 2. The first-order valence-electron chi connectivity index (χ1n) is 8.97. The molecule has 1 atom stereocenters. The van der Waals surface area contributed by atoms with E-state index in [2.05, 4.69) is 16.4 Å². The van der Waals surface area contributed by atoms with Crippen LogP contribution in [0.4, 0.5) is 0 Å². The number of carbonyl (C=O) groups excluding carboxylic acids is 1. The minimum Gasteiger partial charge on any atom is -0.493 e. The van der Waals surface area contributed by atoms with Crippen LogP contribution in [0.3, 0.4) is 0 Å². The quantitative estimate of drug-likeness (QED) is 0.712. The molecule has 0 saturated carbocycles. The van der Waals surface area contributed by atoms with Gasteiger partial charge in [0.25, 0.3) is 0 Å². The molecular weight excluding hydrogens is 338 g/mol. The predicted molar refractivity (Wildman–Crippen MR) is 104 cm³/mol. The van der Waals surface area contributed by atoms with Gasteiger partial charge in [-0.1, -0.05) is 36.4 Å². The molecule has 27 heavy (non-hydrogen) atoms. The molecule has 1 unspecified atom stereocenters. The van der Waals surface area contributed by atoms with Gasteiger partial charge in [-0.05, 0) is 34.9 Å². The molecule has 1 aromatic heterocycles. The predicted octanol–water partition coefficient (Wildman–Crippen LogP) is 3.27. The molecule has 5 heteroatoms. The first-order chi connectivity index (χ1) is 13.2. The number of nitrogens with one attached hydrogen (secondary N) is 1. The minimum absolute atomic E-state index is 0.163. The third-order valence-corrected chi connectivity index (χ3v) is 4.68. The van der Waals surface area contributed by atoms with E-state index in [0.717, 1.165) is 35.7 Å². The highest BCUT2D eigenvalue weighted by Gasteiger charge is 2.19. The van der Waals surface area contributed by atoms with Crippen LogP contribution in [0.5, 0.6) is 5.75 Å². The number of imidazole rings is 1. The van der Waals surface area contributed by atoms with Crippen molar-refractivity contribution in [3.8, 4) is 5.75 Å². The Hall–Kier alpha value is -3.34. The Morgan fingerprint density at radius 1 is 1.26 bits per heavy atom. The molecule has 0 radical (unpaired) electrons. The van der Waals surface area contributed by atoms with Crippen molar-refractivity contribution in [3.63, 3.8) is 0 Å². The van der Waals surface area contributed by atoms with E-state index >= 15 is 0 Å². The number of benzene rings is 2. The molecule has 1 N–H and O–H groups in total. The number of hydrogen-bond acceptors (Lipinski definition) is 3. The molecule has 0 spiro atoms. The van der Waals surface area contributed by atoms with Crippen molar-refractivity contribution in [1.82, 2.24) is 14.9 Å². The van der Waals surface area contributed by atoms with Crippen molar-refractivity contribution in [2.24, 2.45) is 7.05 Å². The molecule has 0 bridgehead atoms. The standard InChI is InChI=1S/C22H21N3O2/c1-25-13-12-23-22(25)21(17-5-3-2-4-6-17)24-20(26)10-8-16-7-9-19-18(15-16)11-14-27-19/h2-10,12-13,15,21H,11,14H2,1H3,(H,24,26)/b10-8+. The summed E-state index contributed by atoms with van der Waals surface area (Å²) < 4.78 is 7.44. The summed E-state index contributed by atoms with van der Waals surface area (Å²) in [4.78, 5) is 17.0. The molecular formula is C22H21N3O2. The fourth-order valence-corrected chi connectivity index (χ4v) is 3.27. The summed E-state index contributed by atoms with van der Waals surface area (Å²) in [6.07, 6.45) is 7.92. The van der Waals surface area contributed by atoms with Crippen molar-refractivity contribution in [2.75, 3.05) is 6.61 Å². The third kappa shape index (κ3) is 3.77. The lowest BCUT2D eigenvalue weighted by atomic mass is 10.1. The number of ether oxygens (including phenoxy) is 1. The van der Waals surface area contributed by atoms with Crippen LogP contribution in [0.2, 0.25) is 0 Å². The van der Waals surface area contributed by atoms with Crippen molar-refractivity contribution >= 4 is 12.0 Å². The maximum atomic E-state index is 12.6. The Morgan fingerprint density at radius 3 is 2.89 bits per heavy atom. The Morgan fingerprint density at radius 2 is 2.11 bits per heavy atom. The van der Waals surface area contributed by atoms with Gasteiger partial charge in [-0.3, -0.25) is 4.79 Å². The number of carbonyl (C=O) groups is 1. The van der Waals surface area contributed by atoms with Crippen LogP contribution in [0.1, 0.15) is 28.6 Å². The number of hydrogen-bond donors (Lipinski definition) is 1. The maximum Gasteiger partial charge on any atom is 0.244 e. The summed E-state index contributed by atoms with van der Waals surface area (Å²) in [5.74, 6) is 1.57. The largest absolute Gasteiger partial charge is 0.493 e. The molecule has 2 aromatic carbocycles. The van der Waals surface area contributed by atoms with E-state index in [-0.39, 0.29) is 11.9 Å². The van der Waals surface area contributed by atoms with E-state index in [9.17, 15) is 4.79 Å². The molecule has 3 aromatic rings. The van der Waals surface area contributed by atoms with E-state index < -0.39 is 0 Å². The fourth-order valence-electron chi connectivity index (χ4n) is 3.27. The lowest BCUT2D eigenvalue weighted by molar-refractivity contribution is -0.117. The third-order valence-electron chi connectivity index (χ3n) is 4.68. The number of nitrogens with zero attached hydrogens (tertiary/aromatic N) is 2. The summed E-state index contributed by atoms with van der Waals surface area (Å²) in [7, 11) is 1.92. The second-order valence-corrected chi connectivity index (χ2v) is 6.55. The molecule has 1 aliphatic rings. The van der Waals surface area contributed by atoms with Gasteiger partial charge >= 0.3 is 0 Å².